The van der Waals surface area contributed by atoms with Crippen LogP contribution in [0.5, 0.6) is 0 Å². The lowest BCUT2D eigenvalue weighted by atomic mass is 9.93. The molecule has 0 aliphatic carbocycles. The van der Waals surface area contributed by atoms with Crippen LogP contribution in [0.3, 0.4) is 0 Å². The van der Waals surface area contributed by atoms with Crippen molar-refractivity contribution in [1.29, 1.82) is 0 Å². The van der Waals surface area contributed by atoms with Crippen molar-refractivity contribution in [3.63, 3.8) is 0 Å². The Morgan fingerprint density at radius 2 is 2.09 bits per heavy atom. The van der Waals surface area contributed by atoms with Gasteiger partial charge in [0.1, 0.15) is 0 Å². The van der Waals surface area contributed by atoms with Crippen molar-refractivity contribution in [3.05, 3.63) is 52.3 Å². The molecule has 0 atom stereocenters. The fraction of sp³-hybridized carbons (Fsp3) is 0.412. The second-order valence-corrected chi connectivity index (χ2v) is 6.44. The standard InChI is InChI=1S/C17H20ClN3O2/c1-20-8-7-16(19-20)12-5-9-21(10-6-12)11-14-13(17(22)23)3-2-4-15(14)18/h2-4,7-8,12H,5-6,9-11H2,1H3,(H,22,23). The van der Waals surface area contributed by atoms with E-state index in [4.69, 9.17) is 11.6 Å². The molecule has 1 saturated heterocycles. The minimum absolute atomic E-state index is 0.296. The summed E-state index contributed by atoms with van der Waals surface area (Å²) in [6.45, 7) is 2.42. The molecule has 0 amide bonds. The average molecular weight is 334 g/mol. The molecule has 1 aromatic carbocycles. The number of carboxylic acid groups (broad SMARTS) is 1. The SMILES string of the molecule is Cn1ccc(C2CCN(Cc3c(Cl)cccc3C(=O)O)CC2)n1. The Labute approximate surface area is 140 Å². The third-order valence-corrected chi connectivity index (χ3v) is 4.83. The average Bonchev–Trinajstić information content (AvgIpc) is 2.96. The molecule has 0 radical (unpaired) electrons. The van der Waals surface area contributed by atoms with Gasteiger partial charge in [0, 0.05) is 30.7 Å². The number of likely N-dealkylation sites (tertiary alicyclic amines) is 1. The zero-order valence-electron chi connectivity index (χ0n) is 13.1. The summed E-state index contributed by atoms with van der Waals surface area (Å²) in [5.41, 5.74) is 2.15. The number of halogens is 1. The molecule has 1 aliphatic rings. The smallest absolute Gasteiger partial charge is 0.336 e. The van der Waals surface area contributed by atoms with Gasteiger partial charge in [0.2, 0.25) is 0 Å². The zero-order chi connectivity index (χ0) is 16.4. The Bertz CT molecular complexity index is 706. The quantitative estimate of drug-likeness (QED) is 0.933. The number of carboxylic acids is 1. The summed E-state index contributed by atoms with van der Waals surface area (Å²) in [6, 6.07) is 7.13. The van der Waals surface area contributed by atoms with Crippen LogP contribution in [0.1, 0.15) is 40.4 Å². The topological polar surface area (TPSA) is 58.4 Å². The largest absolute Gasteiger partial charge is 0.478 e. The van der Waals surface area contributed by atoms with Gasteiger partial charge in [-0.3, -0.25) is 9.58 Å². The number of aromatic carboxylic acids is 1. The lowest BCUT2D eigenvalue weighted by molar-refractivity contribution is 0.0694. The van der Waals surface area contributed by atoms with E-state index >= 15 is 0 Å². The zero-order valence-corrected chi connectivity index (χ0v) is 13.8. The summed E-state index contributed by atoms with van der Waals surface area (Å²) in [7, 11) is 1.93. The first-order valence-electron chi connectivity index (χ1n) is 7.77. The Kier molecular flexibility index (Phi) is 4.68. The highest BCUT2D eigenvalue weighted by Crippen LogP contribution is 2.29. The van der Waals surface area contributed by atoms with Crippen LogP contribution >= 0.6 is 11.6 Å². The van der Waals surface area contributed by atoms with E-state index in [0.717, 1.165) is 31.6 Å². The third kappa shape index (κ3) is 3.57. The van der Waals surface area contributed by atoms with E-state index < -0.39 is 5.97 Å². The molecule has 1 aliphatic heterocycles. The summed E-state index contributed by atoms with van der Waals surface area (Å²) in [4.78, 5) is 13.6. The van der Waals surface area contributed by atoms with Crippen LogP contribution in [0.2, 0.25) is 5.02 Å². The Morgan fingerprint density at radius 3 is 2.70 bits per heavy atom. The number of carbonyl (C=O) groups is 1. The Hall–Kier alpha value is -1.85. The van der Waals surface area contributed by atoms with Gasteiger partial charge in [0.15, 0.2) is 0 Å². The summed E-state index contributed by atoms with van der Waals surface area (Å²) in [6.07, 6.45) is 4.04. The number of aryl methyl sites for hydroxylation is 1. The monoisotopic (exact) mass is 333 g/mol. The fourth-order valence-electron chi connectivity index (χ4n) is 3.18. The predicted molar refractivity (Wildman–Crippen MR) is 88.9 cm³/mol. The van der Waals surface area contributed by atoms with Crippen molar-refractivity contribution in [2.24, 2.45) is 7.05 Å². The first kappa shape index (κ1) is 16.0. The van der Waals surface area contributed by atoms with E-state index in [-0.39, 0.29) is 0 Å². The van der Waals surface area contributed by atoms with Crippen molar-refractivity contribution in [3.8, 4) is 0 Å². The molecule has 6 heteroatoms. The van der Waals surface area contributed by atoms with Crippen LogP contribution in [0, 0.1) is 0 Å². The molecule has 0 bridgehead atoms. The Balaban J connectivity index is 1.66. The Morgan fingerprint density at radius 1 is 1.35 bits per heavy atom. The first-order valence-corrected chi connectivity index (χ1v) is 8.15. The minimum atomic E-state index is -0.925. The van der Waals surface area contributed by atoms with Crippen molar-refractivity contribution >= 4 is 17.6 Å². The van der Waals surface area contributed by atoms with E-state index in [1.807, 2.05) is 17.9 Å². The molecule has 0 unspecified atom stereocenters. The molecule has 23 heavy (non-hydrogen) atoms. The first-order chi connectivity index (χ1) is 11.0. The molecule has 1 aromatic heterocycles. The van der Waals surface area contributed by atoms with Crippen molar-refractivity contribution in [2.75, 3.05) is 13.1 Å². The van der Waals surface area contributed by atoms with Gasteiger partial charge < -0.3 is 5.11 Å². The molecule has 0 saturated carbocycles. The predicted octanol–water partition coefficient (Wildman–Crippen LogP) is 3.15. The van der Waals surface area contributed by atoms with E-state index in [1.165, 1.54) is 0 Å². The minimum Gasteiger partial charge on any atom is -0.478 e. The van der Waals surface area contributed by atoms with Gasteiger partial charge in [0.05, 0.1) is 11.3 Å². The van der Waals surface area contributed by atoms with E-state index in [2.05, 4.69) is 16.1 Å². The van der Waals surface area contributed by atoms with Crippen LogP contribution in [0.25, 0.3) is 0 Å². The number of rotatable bonds is 4. The second-order valence-electron chi connectivity index (χ2n) is 6.04. The third-order valence-electron chi connectivity index (χ3n) is 4.47. The number of hydrogen-bond acceptors (Lipinski definition) is 3. The highest BCUT2D eigenvalue weighted by Gasteiger charge is 2.24. The molecule has 2 aromatic rings. The summed E-state index contributed by atoms with van der Waals surface area (Å²) in [5.74, 6) is -0.441. The summed E-state index contributed by atoms with van der Waals surface area (Å²) < 4.78 is 1.84. The van der Waals surface area contributed by atoms with Gasteiger partial charge in [-0.05, 0) is 49.7 Å². The van der Waals surface area contributed by atoms with Crippen LogP contribution < -0.4 is 0 Å². The van der Waals surface area contributed by atoms with Crippen LogP contribution in [0.15, 0.2) is 30.5 Å². The van der Waals surface area contributed by atoms with Gasteiger partial charge in [-0.25, -0.2) is 4.79 Å². The van der Waals surface area contributed by atoms with E-state index in [0.29, 0.717) is 28.6 Å². The molecule has 0 spiro atoms. The van der Waals surface area contributed by atoms with Crippen molar-refractivity contribution < 1.29 is 9.90 Å². The highest BCUT2D eigenvalue weighted by atomic mass is 35.5. The summed E-state index contributed by atoms with van der Waals surface area (Å²) >= 11 is 6.22. The van der Waals surface area contributed by atoms with Gasteiger partial charge in [-0.2, -0.15) is 5.10 Å². The van der Waals surface area contributed by atoms with Gasteiger partial charge in [-0.1, -0.05) is 17.7 Å². The molecule has 1 N–H and O–H groups in total. The molecule has 2 heterocycles. The number of hydrogen-bond donors (Lipinski definition) is 1. The van der Waals surface area contributed by atoms with E-state index in [1.54, 1.807) is 18.2 Å². The highest BCUT2D eigenvalue weighted by molar-refractivity contribution is 6.31. The van der Waals surface area contributed by atoms with E-state index in [9.17, 15) is 9.90 Å². The fourth-order valence-corrected chi connectivity index (χ4v) is 3.42. The van der Waals surface area contributed by atoms with Crippen LogP contribution in [-0.2, 0) is 13.6 Å². The lowest BCUT2D eigenvalue weighted by Gasteiger charge is -2.31. The normalized spacial score (nSPS) is 16.6. The van der Waals surface area contributed by atoms with Gasteiger partial charge >= 0.3 is 5.97 Å². The maximum absolute atomic E-state index is 11.4. The number of piperidine rings is 1. The van der Waals surface area contributed by atoms with Gasteiger partial charge in [0.25, 0.3) is 0 Å². The lowest BCUT2D eigenvalue weighted by Crippen LogP contribution is -2.33. The molecular formula is C17H20ClN3O2. The molecule has 1 fully saturated rings. The van der Waals surface area contributed by atoms with Crippen molar-refractivity contribution in [2.45, 2.75) is 25.3 Å². The summed E-state index contributed by atoms with van der Waals surface area (Å²) in [5, 5.41) is 14.3. The number of aromatic nitrogens is 2. The second kappa shape index (κ2) is 6.72. The van der Waals surface area contributed by atoms with Crippen LogP contribution in [-0.4, -0.2) is 38.8 Å². The number of benzene rings is 1. The van der Waals surface area contributed by atoms with Gasteiger partial charge in [-0.15, -0.1) is 0 Å². The molecular weight excluding hydrogens is 314 g/mol. The maximum atomic E-state index is 11.4. The maximum Gasteiger partial charge on any atom is 0.336 e. The molecule has 5 nitrogen and oxygen atoms in total. The van der Waals surface area contributed by atoms with Crippen molar-refractivity contribution in [1.82, 2.24) is 14.7 Å². The van der Waals surface area contributed by atoms with Crippen LogP contribution in [0.4, 0.5) is 0 Å². The molecule has 3 rings (SSSR count). The molecule has 122 valence electrons. The number of nitrogens with zero attached hydrogens (tertiary/aromatic N) is 3.